The van der Waals surface area contributed by atoms with Crippen molar-refractivity contribution in [1.29, 1.82) is 0 Å². The molecular formula is C11H14NNaO7S. The van der Waals surface area contributed by atoms with E-state index in [4.69, 9.17) is 9.47 Å². The summed E-state index contributed by atoms with van der Waals surface area (Å²) in [5, 5.41) is 10.6. The summed E-state index contributed by atoms with van der Waals surface area (Å²) >= 11 is 0. The van der Waals surface area contributed by atoms with E-state index in [9.17, 15) is 23.1 Å². The fourth-order valence-corrected chi connectivity index (χ4v) is 2.02. The topological polar surface area (TPSA) is 119 Å². The smallest absolute Gasteiger partial charge is 0.744 e. The molecule has 0 spiro atoms. The number of benzene rings is 1. The summed E-state index contributed by atoms with van der Waals surface area (Å²) in [7, 11) is -4.86. The molecule has 0 bridgehead atoms. The van der Waals surface area contributed by atoms with Crippen LogP contribution < -0.4 is 34.3 Å². The van der Waals surface area contributed by atoms with E-state index >= 15 is 0 Å². The maximum atomic E-state index is 11.1. The fourth-order valence-electron chi connectivity index (χ4n) is 1.38. The van der Waals surface area contributed by atoms with Crippen LogP contribution in [0.3, 0.4) is 0 Å². The Morgan fingerprint density at radius 2 is 1.90 bits per heavy atom. The average Bonchev–Trinajstić information content (AvgIpc) is 2.37. The molecule has 0 aliphatic rings. The minimum Gasteiger partial charge on any atom is -0.744 e. The van der Waals surface area contributed by atoms with Gasteiger partial charge in [-0.25, -0.2) is 8.42 Å². The molecule has 0 fully saturated rings. The minimum absolute atomic E-state index is 0. The van der Waals surface area contributed by atoms with Crippen LogP contribution in [0, 0.1) is 10.1 Å². The van der Waals surface area contributed by atoms with E-state index in [-0.39, 0.29) is 48.5 Å². The number of hydrogen-bond donors (Lipinski definition) is 0. The Kier molecular flexibility index (Phi) is 9.02. The van der Waals surface area contributed by atoms with E-state index in [1.807, 2.05) is 6.92 Å². The van der Waals surface area contributed by atoms with Crippen molar-refractivity contribution in [2.24, 2.45) is 0 Å². The normalized spacial score (nSPS) is 10.8. The van der Waals surface area contributed by atoms with Crippen LogP contribution in [-0.2, 0) is 14.9 Å². The number of rotatable bonds is 8. The molecule has 0 saturated carbocycles. The number of nitro benzene ring substituents is 1. The van der Waals surface area contributed by atoms with Crippen molar-refractivity contribution in [3.63, 3.8) is 0 Å². The second-order valence-electron chi connectivity index (χ2n) is 3.80. The third kappa shape index (κ3) is 6.72. The maximum absolute atomic E-state index is 11.1. The molecular weight excluding hydrogens is 313 g/mol. The predicted molar refractivity (Wildman–Crippen MR) is 67.7 cm³/mol. The molecule has 1 aromatic carbocycles. The molecule has 0 amide bonds. The van der Waals surface area contributed by atoms with Gasteiger partial charge in [0.05, 0.1) is 11.5 Å². The molecule has 0 aliphatic carbocycles. The standard InChI is InChI=1S/C11H15NO7S.Na/c1-2-5-18-6-7-19-10-4-3-9(12(13)14)8-11(10)20(15,16)17;/h3-4,8H,2,5-7H2,1H3,(H,15,16,17);/q;+1/p-1. The largest absolute Gasteiger partial charge is 1.00 e. The van der Waals surface area contributed by atoms with Gasteiger partial charge in [-0.1, -0.05) is 6.92 Å². The van der Waals surface area contributed by atoms with E-state index in [1.165, 1.54) is 0 Å². The van der Waals surface area contributed by atoms with Crippen LogP contribution >= 0.6 is 0 Å². The number of hydrogen-bond acceptors (Lipinski definition) is 7. The molecule has 0 saturated heterocycles. The first-order valence-electron chi connectivity index (χ1n) is 5.81. The van der Waals surface area contributed by atoms with Gasteiger partial charge < -0.3 is 14.0 Å². The molecule has 21 heavy (non-hydrogen) atoms. The zero-order valence-corrected chi connectivity index (χ0v) is 14.6. The van der Waals surface area contributed by atoms with Crippen LogP contribution in [0.1, 0.15) is 13.3 Å². The molecule has 0 N–H and O–H groups in total. The second kappa shape index (κ2) is 9.34. The molecule has 0 unspecified atom stereocenters. The van der Waals surface area contributed by atoms with Gasteiger partial charge in [0.2, 0.25) is 0 Å². The SMILES string of the molecule is CCCOCCOc1ccc([N+](=O)[O-])cc1S(=O)(=O)[O-].[Na+]. The minimum atomic E-state index is -4.86. The summed E-state index contributed by atoms with van der Waals surface area (Å²) in [6.45, 7) is 2.74. The van der Waals surface area contributed by atoms with E-state index in [0.717, 1.165) is 18.6 Å². The van der Waals surface area contributed by atoms with Crippen molar-refractivity contribution < 1.29 is 56.9 Å². The Morgan fingerprint density at radius 3 is 2.43 bits per heavy atom. The Morgan fingerprint density at radius 1 is 1.24 bits per heavy atom. The fraction of sp³-hybridized carbons (Fsp3) is 0.455. The van der Waals surface area contributed by atoms with E-state index < -0.39 is 25.6 Å². The second-order valence-corrected chi connectivity index (χ2v) is 5.15. The van der Waals surface area contributed by atoms with Gasteiger partial charge in [0.1, 0.15) is 27.4 Å². The van der Waals surface area contributed by atoms with Crippen molar-refractivity contribution >= 4 is 15.8 Å². The number of nitrogens with zero attached hydrogens (tertiary/aromatic N) is 1. The van der Waals surface area contributed by atoms with Gasteiger partial charge in [-0.2, -0.15) is 0 Å². The molecule has 0 atom stereocenters. The van der Waals surface area contributed by atoms with Gasteiger partial charge in [0, 0.05) is 18.7 Å². The molecule has 112 valence electrons. The molecule has 1 aromatic rings. The van der Waals surface area contributed by atoms with Crippen molar-refractivity contribution in [3.05, 3.63) is 28.3 Å². The van der Waals surface area contributed by atoms with Crippen LogP contribution in [0.5, 0.6) is 5.75 Å². The molecule has 8 nitrogen and oxygen atoms in total. The van der Waals surface area contributed by atoms with Crippen LogP contribution in [0.2, 0.25) is 0 Å². The first kappa shape index (κ1) is 20.3. The van der Waals surface area contributed by atoms with Crippen LogP contribution in [0.4, 0.5) is 5.69 Å². The molecule has 1 rings (SSSR count). The third-order valence-corrected chi connectivity index (χ3v) is 3.10. The summed E-state index contributed by atoms with van der Waals surface area (Å²) in [4.78, 5) is 9.03. The van der Waals surface area contributed by atoms with Gasteiger partial charge in [-0.15, -0.1) is 0 Å². The number of nitro groups is 1. The molecule has 10 heteroatoms. The quantitative estimate of drug-likeness (QED) is 0.184. The van der Waals surface area contributed by atoms with Gasteiger partial charge in [-0.05, 0) is 12.5 Å². The molecule has 0 aliphatic heterocycles. The van der Waals surface area contributed by atoms with E-state index in [0.29, 0.717) is 12.7 Å². The Bertz CT molecular complexity index is 576. The first-order valence-corrected chi connectivity index (χ1v) is 7.22. The van der Waals surface area contributed by atoms with Gasteiger partial charge >= 0.3 is 29.6 Å². The van der Waals surface area contributed by atoms with Gasteiger partial charge in [0.25, 0.3) is 5.69 Å². The van der Waals surface area contributed by atoms with Crippen LogP contribution in [-0.4, -0.2) is 37.7 Å². The van der Waals surface area contributed by atoms with Crippen molar-refractivity contribution in [1.82, 2.24) is 0 Å². The molecule has 0 aromatic heterocycles. The van der Waals surface area contributed by atoms with Gasteiger partial charge in [-0.3, -0.25) is 10.1 Å². The van der Waals surface area contributed by atoms with E-state index in [2.05, 4.69) is 0 Å². The zero-order chi connectivity index (χ0) is 15.2. The van der Waals surface area contributed by atoms with Crippen molar-refractivity contribution in [2.75, 3.05) is 19.8 Å². The first-order chi connectivity index (χ1) is 9.36. The van der Waals surface area contributed by atoms with Crippen molar-refractivity contribution in [3.8, 4) is 5.75 Å². The number of non-ortho nitro benzene ring substituents is 1. The maximum Gasteiger partial charge on any atom is 1.00 e. The zero-order valence-electron chi connectivity index (χ0n) is 11.8. The Balaban J connectivity index is 0.00000400. The predicted octanol–water partition coefficient (Wildman–Crippen LogP) is -1.69. The molecule has 0 radical (unpaired) electrons. The third-order valence-electron chi connectivity index (χ3n) is 2.24. The monoisotopic (exact) mass is 327 g/mol. The summed E-state index contributed by atoms with van der Waals surface area (Å²) in [6, 6.07) is 2.84. The summed E-state index contributed by atoms with van der Waals surface area (Å²) in [6.07, 6.45) is 0.831. The van der Waals surface area contributed by atoms with Crippen LogP contribution in [0.15, 0.2) is 23.1 Å². The Hall–Kier alpha value is -0.710. The summed E-state index contributed by atoms with van der Waals surface area (Å²) in [5.41, 5.74) is -0.492. The average molecular weight is 327 g/mol. The van der Waals surface area contributed by atoms with Crippen LogP contribution in [0.25, 0.3) is 0 Å². The van der Waals surface area contributed by atoms with E-state index in [1.54, 1.807) is 0 Å². The number of ether oxygens (including phenoxy) is 2. The summed E-state index contributed by atoms with van der Waals surface area (Å²) < 4.78 is 43.5. The van der Waals surface area contributed by atoms with Gasteiger partial charge in [0.15, 0.2) is 0 Å². The molecule has 0 heterocycles. The van der Waals surface area contributed by atoms with Crippen molar-refractivity contribution in [2.45, 2.75) is 18.2 Å². The Labute approximate surface area is 144 Å². The summed E-state index contributed by atoms with van der Waals surface area (Å²) in [5.74, 6) is -0.217.